The summed E-state index contributed by atoms with van der Waals surface area (Å²) in [5.41, 5.74) is 0. The largest absolute Gasteiger partial charge is 0.454 e. The van der Waals surface area contributed by atoms with E-state index in [9.17, 15) is 35.1 Å². The van der Waals surface area contributed by atoms with E-state index >= 15 is 0 Å². The van der Waals surface area contributed by atoms with Crippen LogP contribution in [0.25, 0.3) is 0 Å². The number of aliphatic hydroxyl groups is 5. The van der Waals surface area contributed by atoms with Crippen LogP contribution in [0.15, 0.2) is 122 Å². The molecule has 1 heterocycles. The van der Waals surface area contributed by atoms with Gasteiger partial charge in [0.25, 0.3) is 0 Å². The maximum atomic E-state index is 13.5. The maximum Gasteiger partial charge on any atom is 0.306 e. The molecule has 1 aliphatic rings. The Balaban J connectivity index is 2.56. The van der Waals surface area contributed by atoms with Crippen LogP contribution in [0, 0.1) is 0 Å². The van der Waals surface area contributed by atoms with Crippen molar-refractivity contribution in [2.24, 2.45) is 0 Å². The first kappa shape index (κ1) is 87.1. The van der Waals surface area contributed by atoms with Crippen molar-refractivity contribution in [1.82, 2.24) is 5.32 Å². The van der Waals surface area contributed by atoms with Gasteiger partial charge in [0, 0.05) is 6.42 Å². The Hall–Kier alpha value is -3.94. The fourth-order valence-corrected chi connectivity index (χ4v) is 11.4. The molecule has 1 amide bonds. The number of ether oxygens (including phenoxy) is 3. The topological polar surface area (TPSA) is 175 Å². The van der Waals surface area contributed by atoms with Gasteiger partial charge in [0.1, 0.15) is 24.4 Å². The highest BCUT2D eigenvalue weighted by Crippen LogP contribution is 2.26. The predicted octanol–water partition coefficient (Wildman–Crippen LogP) is 20.5. The van der Waals surface area contributed by atoms with Crippen molar-refractivity contribution < 1.29 is 49.3 Å². The van der Waals surface area contributed by atoms with Crippen LogP contribution in [0.1, 0.15) is 323 Å². The number of esters is 1. The van der Waals surface area contributed by atoms with Crippen molar-refractivity contribution in [3.05, 3.63) is 122 Å². The van der Waals surface area contributed by atoms with E-state index in [2.05, 4.69) is 135 Å². The van der Waals surface area contributed by atoms with Gasteiger partial charge < -0.3 is 45.1 Å². The van der Waals surface area contributed by atoms with Gasteiger partial charge in [-0.05, 0) is 116 Å². The molecule has 1 fully saturated rings. The number of unbranched alkanes of at least 4 members (excludes halogenated alkanes) is 33. The average Bonchev–Trinajstić information content (AvgIpc) is 0.918. The highest BCUT2D eigenvalue weighted by molar-refractivity contribution is 5.80. The Bertz CT molecular complexity index is 1980. The zero-order valence-electron chi connectivity index (χ0n) is 59.6. The smallest absolute Gasteiger partial charge is 0.306 e. The van der Waals surface area contributed by atoms with E-state index in [1.165, 1.54) is 148 Å². The minimum atomic E-state index is -1.62. The monoisotopic (exact) mass is 1300 g/mol. The van der Waals surface area contributed by atoms with Crippen LogP contribution in [0.5, 0.6) is 0 Å². The second-order valence-corrected chi connectivity index (χ2v) is 26.0. The van der Waals surface area contributed by atoms with Gasteiger partial charge in [0.15, 0.2) is 12.4 Å². The molecule has 0 bridgehead atoms. The van der Waals surface area contributed by atoms with Crippen molar-refractivity contribution in [1.29, 1.82) is 0 Å². The van der Waals surface area contributed by atoms with Gasteiger partial charge in [-0.15, -0.1) is 0 Å². The van der Waals surface area contributed by atoms with E-state index in [1.807, 2.05) is 6.08 Å². The van der Waals surface area contributed by atoms with E-state index in [1.54, 1.807) is 6.08 Å². The van der Waals surface area contributed by atoms with Gasteiger partial charge in [-0.2, -0.15) is 0 Å². The van der Waals surface area contributed by atoms with Crippen LogP contribution >= 0.6 is 0 Å². The first-order valence-electron chi connectivity index (χ1n) is 38.3. The number of carbonyl (C=O) groups excluding carboxylic acids is 2. The summed E-state index contributed by atoms with van der Waals surface area (Å²) in [7, 11) is 0. The minimum absolute atomic E-state index is 0.114. The minimum Gasteiger partial charge on any atom is -0.454 e. The molecule has 11 nitrogen and oxygen atoms in total. The molecule has 1 rings (SSSR count). The van der Waals surface area contributed by atoms with Crippen molar-refractivity contribution in [3.8, 4) is 0 Å². The summed E-state index contributed by atoms with van der Waals surface area (Å²) in [5.74, 6) is -1.20. The molecule has 8 atom stereocenters. The predicted molar refractivity (Wildman–Crippen MR) is 393 cm³/mol. The molecular weight excluding hydrogens is 1160 g/mol. The first-order chi connectivity index (χ1) is 45.7. The number of nitrogens with one attached hydrogen (secondary N) is 1. The van der Waals surface area contributed by atoms with Crippen LogP contribution < -0.4 is 5.32 Å². The molecule has 1 saturated heterocycles. The molecule has 0 aromatic heterocycles. The van der Waals surface area contributed by atoms with Gasteiger partial charge in [0.05, 0.1) is 25.4 Å². The Morgan fingerprint density at radius 2 is 0.774 bits per heavy atom. The Kier molecular flexibility index (Phi) is 63.7. The van der Waals surface area contributed by atoms with Crippen LogP contribution in [-0.2, 0) is 23.8 Å². The quantitative estimate of drug-likeness (QED) is 0.0195. The molecule has 534 valence electrons. The molecule has 8 unspecified atom stereocenters. The summed E-state index contributed by atoms with van der Waals surface area (Å²) >= 11 is 0. The number of aliphatic hydroxyl groups excluding tert-OH is 5. The summed E-state index contributed by atoms with van der Waals surface area (Å²) < 4.78 is 17.7. The lowest BCUT2D eigenvalue weighted by Crippen LogP contribution is -2.61. The van der Waals surface area contributed by atoms with Gasteiger partial charge in [-0.25, -0.2) is 0 Å². The summed E-state index contributed by atoms with van der Waals surface area (Å²) in [6.07, 6.45) is 85.1. The molecule has 6 N–H and O–H groups in total. The third-order valence-electron chi connectivity index (χ3n) is 17.3. The van der Waals surface area contributed by atoms with E-state index < -0.39 is 67.4 Å². The highest BCUT2D eigenvalue weighted by Gasteiger charge is 2.47. The average molecular weight is 1300 g/mol. The van der Waals surface area contributed by atoms with Crippen LogP contribution in [-0.4, -0.2) is 99.6 Å². The number of amides is 1. The summed E-state index contributed by atoms with van der Waals surface area (Å²) in [4.78, 5) is 26.8. The standard InChI is InChI=1S/C82H141NO10/c1-4-7-10-13-16-19-22-25-27-29-31-33-35-37-38-39-41-43-45-47-49-52-55-58-61-64-67-70-77(87)93-80-79(89)78(88)76(71-84)92-82(80)91-72-73(74(85)68-65-62-59-56-53-50-24-21-18-15-12-9-6-3)83-81(90)75(86)69-66-63-60-57-54-51-48-46-44-42-40-36-34-32-30-28-26-23-20-17-14-11-8-5-2/h8,11,16-17,19-20,25-28,31-34,37-38,40,42,65,68,73-76,78-80,82,84-86,88-89H,4-7,9-10,12-15,18,21-24,29-30,35-36,39,41,43-64,66-67,69-72H2,1-3H3,(H,83,90)/b11-8-,19-16-,20-17-,27-25-,28-26-,33-31-,34-32-,38-37-,42-40-,68-65+. The zero-order chi connectivity index (χ0) is 67.4. The van der Waals surface area contributed by atoms with Crippen LogP contribution in [0.2, 0.25) is 0 Å². The summed E-state index contributed by atoms with van der Waals surface area (Å²) in [5, 5.41) is 57.4. The molecule has 0 radical (unpaired) electrons. The van der Waals surface area contributed by atoms with Crippen LogP contribution in [0.4, 0.5) is 0 Å². The van der Waals surface area contributed by atoms with Crippen LogP contribution in [0.3, 0.4) is 0 Å². The Morgan fingerprint density at radius 3 is 1.18 bits per heavy atom. The molecule has 0 saturated carbocycles. The number of rotatable bonds is 65. The first-order valence-corrected chi connectivity index (χ1v) is 38.3. The van der Waals surface area contributed by atoms with Gasteiger partial charge >= 0.3 is 5.97 Å². The van der Waals surface area contributed by atoms with E-state index in [0.29, 0.717) is 12.8 Å². The lowest BCUT2D eigenvalue weighted by molar-refractivity contribution is -0.305. The van der Waals surface area contributed by atoms with E-state index in [-0.39, 0.29) is 19.4 Å². The third-order valence-corrected chi connectivity index (χ3v) is 17.3. The van der Waals surface area contributed by atoms with Gasteiger partial charge in [-0.1, -0.05) is 322 Å². The molecule has 0 spiro atoms. The molecule has 0 aromatic carbocycles. The highest BCUT2D eigenvalue weighted by atomic mass is 16.7. The summed E-state index contributed by atoms with van der Waals surface area (Å²) in [6, 6.07) is -1.04. The fourth-order valence-electron chi connectivity index (χ4n) is 11.4. The second kappa shape index (κ2) is 68.0. The molecule has 93 heavy (non-hydrogen) atoms. The van der Waals surface area contributed by atoms with Gasteiger partial charge in [-0.3, -0.25) is 9.59 Å². The SMILES string of the molecule is CC/C=C\C/C=C\C/C=C\C/C=C\C/C=C\CCCCCCCCCCC(O)C(=O)NC(COC1OC(CO)C(O)C(O)C1OC(=O)CCCCCCCCCCCCC/C=C\C/C=C\C/C=C\C/C=C\CCCCC)C(O)/C=C/CCCCCCCCCCCCC. The third kappa shape index (κ3) is 54.8. The molecule has 0 aromatic rings. The van der Waals surface area contributed by atoms with Crippen molar-refractivity contribution in [2.45, 2.75) is 372 Å². The van der Waals surface area contributed by atoms with Crippen molar-refractivity contribution >= 4 is 11.9 Å². The lowest BCUT2D eigenvalue weighted by atomic mass is 9.99. The number of carbonyl (C=O) groups is 2. The lowest BCUT2D eigenvalue weighted by Gasteiger charge is -2.41. The molecule has 11 heteroatoms. The number of hydrogen-bond donors (Lipinski definition) is 6. The summed E-state index contributed by atoms with van der Waals surface area (Å²) in [6.45, 7) is 5.68. The Labute approximate surface area is 570 Å². The number of hydrogen-bond acceptors (Lipinski definition) is 10. The van der Waals surface area contributed by atoms with Crippen molar-refractivity contribution in [2.75, 3.05) is 13.2 Å². The van der Waals surface area contributed by atoms with E-state index in [4.69, 9.17) is 14.2 Å². The molecule has 0 aliphatic carbocycles. The van der Waals surface area contributed by atoms with E-state index in [0.717, 1.165) is 128 Å². The molecular formula is C82H141NO10. The second-order valence-electron chi connectivity index (χ2n) is 26.0. The van der Waals surface area contributed by atoms with Gasteiger partial charge in [0.2, 0.25) is 5.91 Å². The molecule has 1 aliphatic heterocycles. The fraction of sp³-hybridized carbons (Fsp3) is 0.732. The normalized spacial score (nSPS) is 18.6. The maximum absolute atomic E-state index is 13.5. The zero-order valence-corrected chi connectivity index (χ0v) is 59.6. The van der Waals surface area contributed by atoms with Crippen molar-refractivity contribution in [3.63, 3.8) is 0 Å². The number of allylic oxidation sites excluding steroid dienone is 19. The Morgan fingerprint density at radius 1 is 0.430 bits per heavy atom.